The van der Waals surface area contributed by atoms with Crippen LogP contribution in [0.4, 0.5) is 17.1 Å². The number of allylic oxidation sites excluding steroid dienone is 8. The summed E-state index contributed by atoms with van der Waals surface area (Å²) in [6, 6.07) is 81.0. The summed E-state index contributed by atoms with van der Waals surface area (Å²) >= 11 is 0. The van der Waals surface area contributed by atoms with Crippen LogP contribution in [0.3, 0.4) is 0 Å². The number of para-hydroxylation sites is 4. The third kappa shape index (κ3) is 8.39. The van der Waals surface area contributed by atoms with E-state index in [0.717, 1.165) is 28.3 Å². The van der Waals surface area contributed by atoms with Gasteiger partial charge in [0.15, 0.2) is 0 Å². The fourth-order valence-corrected chi connectivity index (χ4v) is 12.0. The van der Waals surface area contributed by atoms with E-state index >= 15 is 0 Å². The van der Waals surface area contributed by atoms with Gasteiger partial charge in [-0.15, -0.1) is 0 Å². The van der Waals surface area contributed by atoms with Crippen molar-refractivity contribution in [3.63, 3.8) is 0 Å². The highest BCUT2D eigenvalue weighted by Crippen LogP contribution is 2.59. The normalized spacial score (nSPS) is 16.4. The van der Waals surface area contributed by atoms with Crippen LogP contribution in [0.2, 0.25) is 0 Å². The second-order valence-corrected chi connectivity index (χ2v) is 22.7. The lowest BCUT2D eigenvalue weighted by Gasteiger charge is -2.45. The van der Waals surface area contributed by atoms with Gasteiger partial charge in [-0.1, -0.05) is 255 Å². The number of anilines is 3. The minimum atomic E-state index is -0.405. The molecule has 2 heteroatoms. The number of fused-ring (bicyclic) bond motifs is 4. The van der Waals surface area contributed by atoms with Crippen molar-refractivity contribution < 1.29 is 0 Å². The molecule has 0 aliphatic heterocycles. The Kier molecular flexibility index (Phi) is 11.9. The molecule has 0 radical (unpaired) electrons. The molecule has 0 saturated heterocycles. The van der Waals surface area contributed by atoms with Gasteiger partial charge in [-0.3, -0.25) is 0 Å². The summed E-state index contributed by atoms with van der Waals surface area (Å²) in [7, 11) is 0. The van der Waals surface area contributed by atoms with E-state index in [1.54, 1.807) is 0 Å². The molecule has 2 aliphatic rings. The van der Waals surface area contributed by atoms with Gasteiger partial charge in [-0.25, -0.2) is 0 Å². The Hall–Kier alpha value is -8.46. The first-order chi connectivity index (χ1) is 36.4. The molecule has 9 aromatic carbocycles. The molecule has 2 aliphatic carbocycles. The van der Waals surface area contributed by atoms with Crippen molar-refractivity contribution in [2.45, 2.75) is 65.2 Å². The van der Waals surface area contributed by atoms with Gasteiger partial charge in [0.1, 0.15) is 0 Å². The van der Waals surface area contributed by atoms with Crippen molar-refractivity contribution in [1.82, 2.24) is 4.57 Å². The zero-order valence-corrected chi connectivity index (χ0v) is 44.2. The summed E-state index contributed by atoms with van der Waals surface area (Å²) in [5.74, 6) is -0.0234. The maximum atomic E-state index is 2.56. The minimum absolute atomic E-state index is 0.0234. The molecule has 366 valence electrons. The van der Waals surface area contributed by atoms with E-state index in [2.05, 4.69) is 313 Å². The molecule has 12 rings (SSSR count). The zero-order chi connectivity index (χ0) is 51.5. The molecule has 10 aromatic rings. The number of benzene rings is 9. The van der Waals surface area contributed by atoms with E-state index in [4.69, 9.17) is 0 Å². The first-order valence-electron chi connectivity index (χ1n) is 26.6. The van der Waals surface area contributed by atoms with Gasteiger partial charge < -0.3 is 9.47 Å². The molecule has 2 atom stereocenters. The molecule has 0 spiro atoms. The Balaban J connectivity index is 1.10. The molecule has 2 unspecified atom stereocenters. The fraction of sp³-hybridized carbons (Fsp3) is 0.151. The average Bonchev–Trinajstić information content (AvgIpc) is 3.77. The van der Waals surface area contributed by atoms with Gasteiger partial charge in [0.2, 0.25) is 0 Å². The Morgan fingerprint density at radius 3 is 1.68 bits per heavy atom. The molecule has 75 heavy (non-hydrogen) atoms. The van der Waals surface area contributed by atoms with Gasteiger partial charge >= 0.3 is 0 Å². The number of hydrogen-bond acceptors (Lipinski definition) is 1. The van der Waals surface area contributed by atoms with Crippen LogP contribution in [0, 0.1) is 5.41 Å². The number of rotatable bonds is 9. The predicted octanol–water partition coefficient (Wildman–Crippen LogP) is 20.1. The Labute approximate surface area is 444 Å². The first-order valence-corrected chi connectivity index (χ1v) is 26.6. The monoisotopic (exact) mass is 969 g/mol. The van der Waals surface area contributed by atoms with Crippen molar-refractivity contribution in [3.8, 4) is 39.1 Å². The van der Waals surface area contributed by atoms with E-state index in [1.807, 2.05) is 0 Å². The first kappa shape index (κ1) is 47.5. The van der Waals surface area contributed by atoms with Gasteiger partial charge in [-0.2, -0.15) is 0 Å². The van der Waals surface area contributed by atoms with Crippen molar-refractivity contribution in [2.75, 3.05) is 4.90 Å². The Bertz CT molecular complexity index is 3890. The third-order valence-corrected chi connectivity index (χ3v) is 16.0. The Morgan fingerprint density at radius 2 is 0.987 bits per heavy atom. The second-order valence-electron chi connectivity index (χ2n) is 22.7. The van der Waals surface area contributed by atoms with Gasteiger partial charge in [-0.05, 0) is 121 Å². The summed E-state index contributed by atoms with van der Waals surface area (Å²) in [6.45, 7) is 16.5. The molecule has 1 heterocycles. The molecule has 0 fully saturated rings. The maximum absolute atomic E-state index is 2.56. The van der Waals surface area contributed by atoms with Crippen LogP contribution in [-0.2, 0) is 10.8 Å². The number of hydrogen-bond donors (Lipinski definition) is 0. The number of nitrogens with zero attached hydrogens (tertiary/aromatic N) is 2. The SMILES string of the molecule is CC(C)(C)c1cc(C2=CC=CC3=CC=CC(c4ccccc4N(c4ccc5c(c4)c4ccccc4n5-c4ccccc4)c4ccccc4-c4ccccc4-c4ccccc4-c4ccccc4)C32C)cc(C(C)(C)C)c1. The van der Waals surface area contributed by atoms with Crippen LogP contribution in [0.1, 0.15) is 76.6 Å². The quantitative estimate of drug-likeness (QED) is 0.140. The second kappa shape index (κ2) is 18.8. The molecule has 0 bridgehead atoms. The van der Waals surface area contributed by atoms with E-state index in [0.29, 0.717) is 0 Å². The van der Waals surface area contributed by atoms with Crippen LogP contribution in [0.15, 0.2) is 260 Å². The van der Waals surface area contributed by atoms with Crippen molar-refractivity contribution in [3.05, 3.63) is 283 Å². The maximum Gasteiger partial charge on any atom is 0.0542 e. The highest BCUT2D eigenvalue weighted by atomic mass is 15.1. The summed E-state index contributed by atoms with van der Waals surface area (Å²) < 4.78 is 2.41. The third-order valence-electron chi connectivity index (χ3n) is 16.0. The zero-order valence-electron chi connectivity index (χ0n) is 44.2. The van der Waals surface area contributed by atoms with Crippen LogP contribution in [0.25, 0.3) is 66.4 Å². The average molecular weight is 969 g/mol. The standard InChI is InChI=1S/C73H64N2/c1-71(2,3)53-46-51(47-54(48-53)72(4,5)6)65-39-24-28-52-29-25-40-66(73(52,65)7)63-38-20-23-43-69(63)75(56-44-45-70-64(49-56)62-37-19-22-42-68(62)74(70)55-30-12-9-13-31-55)67-41-21-18-36-61(67)60-35-17-16-34-59(60)58-33-15-14-32-57(58)50-26-10-8-11-27-50/h8-49,66H,1-7H3. The van der Waals surface area contributed by atoms with E-state index < -0.39 is 5.41 Å². The van der Waals surface area contributed by atoms with Gasteiger partial charge in [0, 0.05) is 44.7 Å². The van der Waals surface area contributed by atoms with Gasteiger partial charge in [0.25, 0.3) is 0 Å². The summed E-state index contributed by atoms with van der Waals surface area (Å²) in [5, 5.41) is 2.42. The highest BCUT2D eigenvalue weighted by molar-refractivity contribution is 6.11. The highest BCUT2D eigenvalue weighted by Gasteiger charge is 2.44. The van der Waals surface area contributed by atoms with Crippen LogP contribution < -0.4 is 4.90 Å². The number of aromatic nitrogens is 1. The summed E-state index contributed by atoms with van der Waals surface area (Å²) in [6.07, 6.45) is 14.1. The molecule has 2 nitrogen and oxygen atoms in total. The van der Waals surface area contributed by atoms with Crippen molar-refractivity contribution in [2.24, 2.45) is 5.41 Å². The molecule has 0 amide bonds. The van der Waals surface area contributed by atoms with E-state index in [1.165, 1.54) is 83.0 Å². The molecule has 1 aromatic heterocycles. The molecule has 0 saturated carbocycles. The molecule has 0 N–H and O–H groups in total. The lowest BCUT2D eigenvalue weighted by molar-refractivity contribution is 0.478. The predicted molar refractivity (Wildman–Crippen MR) is 321 cm³/mol. The summed E-state index contributed by atoms with van der Waals surface area (Å²) in [5.41, 5.74) is 21.4. The van der Waals surface area contributed by atoms with Gasteiger partial charge in [0.05, 0.1) is 16.7 Å². The van der Waals surface area contributed by atoms with Crippen LogP contribution in [-0.4, -0.2) is 4.57 Å². The topological polar surface area (TPSA) is 8.17 Å². The van der Waals surface area contributed by atoms with Crippen LogP contribution >= 0.6 is 0 Å². The smallest absolute Gasteiger partial charge is 0.0542 e. The van der Waals surface area contributed by atoms with Crippen LogP contribution in [0.5, 0.6) is 0 Å². The largest absolute Gasteiger partial charge is 0.310 e. The van der Waals surface area contributed by atoms with E-state index in [-0.39, 0.29) is 16.7 Å². The van der Waals surface area contributed by atoms with E-state index in [9.17, 15) is 0 Å². The van der Waals surface area contributed by atoms with Crippen molar-refractivity contribution >= 4 is 44.4 Å². The Morgan fingerprint density at radius 1 is 0.440 bits per heavy atom. The molecular weight excluding hydrogens is 905 g/mol. The molecular formula is C73H64N2. The fourth-order valence-electron chi connectivity index (χ4n) is 12.0. The van der Waals surface area contributed by atoms with Crippen molar-refractivity contribution in [1.29, 1.82) is 0 Å². The lowest BCUT2D eigenvalue weighted by Crippen LogP contribution is -2.32. The lowest BCUT2D eigenvalue weighted by atomic mass is 9.59. The minimum Gasteiger partial charge on any atom is -0.310 e. The summed E-state index contributed by atoms with van der Waals surface area (Å²) in [4.78, 5) is 2.56.